The van der Waals surface area contributed by atoms with E-state index in [0.717, 1.165) is 10.2 Å². The summed E-state index contributed by atoms with van der Waals surface area (Å²) >= 11 is 0. The van der Waals surface area contributed by atoms with Gasteiger partial charge < -0.3 is 4.74 Å². The highest BCUT2D eigenvalue weighted by Gasteiger charge is 2.28. The minimum atomic E-state index is -0.343. The largest absolute Gasteiger partial charge is 0.491 e. The molecule has 0 saturated heterocycles. The monoisotopic (exact) mass is 240 g/mol. The van der Waals surface area contributed by atoms with Crippen LogP contribution in [0.1, 0.15) is 11.1 Å². The lowest BCUT2D eigenvalue weighted by molar-refractivity contribution is 0.140. The zero-order valence-electron chi connectivity index (χ0n) is 9.97. The molecule has 2 aromatic carbocycles. The van der Waals surface area contributed by atoms with Gasteiger partial charge in [-0.3, -0.25) is 0 Å². The van der Waals surface area contributed by atoms with Crippen molar-refractivity contribution in [2.24, 2.45) is 0 Å². The Balaban J connectivity index is 2.50. The van der Waals surface area contributed by atoms with E-state index in [-0.39, 0.29) is 5.22 Å². The molecule has 0 radical (unpaired) electrons. The molecule has 0 unspecified atom stereocenters. The summed E-state index contributed by atoms with van der Waals surface area (Å²) in [4.78, 5) is 0. The van der Waals surface area contributed by atoms with Gasteiger partial charge in [0.1, 0.15) is 5.22 Å². The number of rotatable bonds is 4. The van der Waals surface area contributed by atoms with Gasteiger partial charge in [0.15, 0.2) is 0 Å². The summed E-state index contributed by atoms with van der Waals surface area (Å²) in [5.74, 6) is 0. The predicted molar refractivity (Wildman–Crippen MR) is 74.9 cm³/mol. The Morgan fingerprint density at radius 2 is 1.29 bits per heavy atom. The Bertz CT molecular complexity index is 439. The lowest BCUT2D eigenvalue weighted by Gasteiger charge is -2.30. The average Bonchev–Trinajstić information content (AvgIpc) is 2.41. The van der Waals surface area contributed by atoms with Crippen molar-refractivity contribution in [1.82, 2.24) is 0 Å². The molecule has 0 aliphatic rings. The molecule has 0 saturated carbocycles. The zero-order chi connectivity index (χ0) is 12.1. The molecule has 0 heterocycles. The van der Waals surface area contributed by atoms with Crippen molar-refractivity contribution >= 4 is 10.2 Å². The van der Waals surface area contributed by atoms with Gasteiger partial charge in [-0.15, -0.1) is 0 Å². The summed E-state index contributed by atoms with van der Waals surface area (Å²) in [6, 6.07) is 20.6. The minimum Gasteiger partial charge on any atom is -0.491 e. The maximum Gasteiger partial charge on any atom is 0.133 e. The van der Waals surface area contributed by atoms with Gasteiger partial charge in [-0.05, 0) is 11.1 Å². The zero-order valence-corrected chi connectivity index (χ0v) is 12.0. The average molecular weight is 240 g/mol. The fourth-order valence-electron chi connectivity index (χ4n) is 1.98. The highest BCUT2D eigenvalue weighted by Crippen LogP contribution is 2.30. The highest BCUT2D eigenvalue weighted by atomic mass is 28.1. The van der Waals surface area contributed by atoms with Gasteiger partial charge in [0.25, 0.3) is 0 Å². The normalized spacial score (nSPS) is 11.1. The number of hydrogen-bond acceptors (Lipinski definition) is 1. The SMILES string of the molecule is C=COC([SiH3])(c1ccccc1)c1ccccc1. The Morgan fingerprint density at radius 3 is 1.65 bits per heavy atom. The first-order chi connectivity index (χ1) is 8.27. The summed E-state index contributed by atoms with van der Waals surface area (Å²) in [5.41, 5.74) is 2.36. The molecule has 0 aliphatic heterocycles. The van der Waals surface area contributed by atoms with Crippen LogP contribution in [0.2, 0.25) is 0 Å². The molecule has 0 spiro atoms. The summed E-state index contributed by atoms with van der Waals surface area (Å²) < 4.78 is 5.83. The van der Waals surface area contributed by atoms with Gasteiger partial charge >= 0.3 is 0 Å². The summed E-state index contributed by atoms with van der Waals surface area (Å²) in [5, 5.41) is -0.343. The van der Waals surface area contributed by atoms with Crippen LogP contribution in [-0.2, 0) is 9.96 Å². The topological polar surface area (TPSA) is 9.23 Å². The smallest absolute Gasteiger partial charge is 0.133 e. The van der Waals surface area contributed by atoms with E-state index < -0.39 is 0 Å². The maximum absolute atomic E-state index is 5.83. The van der Waals surface area contributed by atoms with Crippen LogP contribution in [0.25, 0.3) is 0 Å². The molecule has 0 aliphatic carbocycles. The third-order valence-electron chi connectivity index (χ3n) is 2.97. The van der Waals surface area contributed by atoms with Crippen molar-refractivity contribution in [1.29, 1.82) is 0 Å². The van der Waals surface area contributed by atoms with E-state index in [1.165, 1.54) is 17.4 Å². The molecule has 17 heavy (non-hydrogen) atoms. The molecule has 0 atom stereocenters. The summed E-state index contributed by atoms with van der Waals surface area (Å²) in [7, 11) is 0.860. The molecule has 0 fully saturated rings. The van der Waals surface area contributed by atoms with Crippen LogP contribution in [0.5, 0.6) is 0 Å². The van der Waals surface area contributed by atoms with Crippen molar-refractivity contribution in [2.45, 2.75) is 5.22 Å². The van der Waals surface area contributed by atoms with Crippen LogP contribution in [0.15, 0.2) is 73.5 Å². The van der Waals surface area contributed by atoms with Crippen LogP contribution in [-0.4, -0.2) is 10.2 Å². The van der Waals surface area contributed by atoms with Gasteiger partial charge in [-0.1, -0.05) is 67.2 Å². The third kappa shape index (κ3) is 2.32. The van der Waals surface area contributed by atoms with E-state index in [4.69, 9.17) is 4.74 Å². The van der Waals surface area contributed by atoms with Crippen molar-refractivity contribution in [3.8, 4) is 0 Å². The molecular formula is C15H16OSi. The van der Waals surface area contributed by atoms with E-state index in [9.17, 15) is 0 Å². The molecule has 1 nitrogen and oxygen atoms in total. The van der Waals surface area contributed by atoms with Gasteiger partial charge in [0.05, 0.1) is 16.5 Å². The van der Waals surface area contributed by atoms with E-state index in [1.807, 2.05) is 36.4 Å². The number of ether oxygens (including phenoxy) is 1. The van der Waals surface area contributed by atoms with Gasteiger partial charge in [0, 0.05) is 0 Å². The Labute approximate surface area is 105 Å². The lowest BCUT2D eigenvalue weighted by atomic mass is 10.0. The molecule has 2 heteroatoms. The first-order valence-electron chi connectivity index (χ1n) is 5.67. The van der Waals surface area contributed by atoms with Crippen molar-refractivity contribution < 1.29 is 4.74 Å². The van der Waals surface area contributed by atoms with Crippen LogP contribution < -0.4 is 0 Å². The molecule has 2 aromatic rings. The van der Waals surface area contributed by atoms with Crippen LogP contribution in [0.4, 0.5) is 0 Å². The second-order valence-electron chi connectivity index (χ2n) is 4.05. The van der Waals surface area contributed by atoms with Crippen LogP contribution >= 0.6 is 0 Å². The van der Waals surface area contributed by atoms with Crippen molar-refractivity contribution in [3.05, 3.63) is 84.6 Å². The third-order valence-corrected chi connectivity index (χ3v) is 4.36. The Hall–Kier alpha value is -1.80. The van der Waals surface area contributed by atoms with Gasteiger partial charge in [-0.25, -0.2) is 0 Å². The Morgan fingerprint density at radius 1 is 0.882 bits per heavy atom. The van der Waals surface area contributed by atoms with E-state index >= 15 is 0 Å². The van der Waals surface area contributed by atoms with Gasteiger partial charge in [0.2, 0.25) is 0 Å². The van der Waals surface area contributed by atoms with Crippen molar-refractivity contribution in [3.63, 3.8) is 0 Å². The molecule has 2 rings (SSSR count). The second-order valence-corrected chi connectivity index (χ2v) is 5.46. The van der Waals surface area contributed by atoms with Crippen LogP contribution in [0.3, 0.4) is 0 Å². The van der Waals surface area contributed by atoms with E-state index in [1.54, 1.807) is 0 Å². The number of hydrogen-bond donors (Lipinski definition) is 0. The molecule has 0 aromatic heterocycles. The molecule has 86 valence electrons. The van der Waals surface area contributed by atoms with Crippen molar-refractivity contribution in [2.75, 3.05) is 0 Å². The van der Waals surface area contributed by atoms with E-state index in [0.29, 0.717) is 0 Å². The van der Waals surface area contributed by atoms with Crippen LogP contribution in [0, 0.1) is 0 Å². The molecular weight excluding hydrogens is 224 g/mol. The standard InChI is InChI=1S/C15H16OSi/c1-2-16-15(17,13-9-5-3-6-10-13)14-11-7-4-8-12-14/h2-12H,1H2,17H3. The molecule has 0 N–H and O–H groups in total. The first-order valence-corrected chi connectivity index (χ1v) is 6.67. The van der Waals surface area contributed by atoms with Gasteiger partial charge in [-0.2, -0.15) is 0 Å². The predicted octanol–water partition coefficient (Wildman–Crippen LogP) is 2.41. The Kier molecular flexibility index (Phi) is 3.45. The fourth-order valence-corrected chi connectivity index (χ4v) is 2.82. The minimum absolute atomic E-state index is 0.343. The maximum atomic E-state index is 5.83. The highest BCUT2D eigenvalue weighted by molar-refractivity contribution is 6.17. The summed E-state index contributed by atoms with van der Waals surface area (Å²) in [6.07, 6.45) is 1.53. The fraction of sp³-hybridized carbons (Fsp3) is 0.0667. The van der Waals surface area contributed by atoms with E-state index in [2.05, 4.69) is 30.8 Å². The summed E-state index contributed by atoms with van der Waals surface area (Å²) in [6.45, 7) is 3.70. The first kappa shape index (κ1) is 11.7. The quantitative estimate of drug-likeness (QED) is 0.589. The molecule has 0 bridgehead atoms. The molecule has 0 amide bonds. The lowest BCUT2D eigenvalue weighted by Crippen LogP contribution is -2.29. The number of benzene rings is 2. The second kappa shape index (κ2) is 5.02.